The van der Waals surface area contributed by atoms with Gasteiger partial charge in [0.05, 0.1) is 52.6 Å². The number of thioether (sulfide) groups is 2. The lowest BCUT2D eigenvalue weighted by Crippen LogP contribution is -2.63. The molecule has 3 saturated heterocycles. The summed E-state index contributed by atoms with van der Waals surface area (Å²) in [6, 6.07) is 7.56. The summed E-state index contributed by atoms with van der Waals surface area (Å²) >= 11 is 2.40. The van der Waals surface area contributed by atoms with Gasteiger partial charge >= 0.3 is 23.9 Å². The number of aromatic carboxylic acids is 2. The van der Waals surface area contributed by atoms with Gasteiger partial charge in [0.15, 0.2) is 0 Å². The molecule has 4 amide bonds. The van der Waals surface area contributed by atoms with Crippen LogP contribution in [0.1, 0.15) is 61.3 Å². The molecular weight excluding hydrogens is 901 g/mol. The van der Waals surface area contributed by atoms with E-state index in [2.05, 4.69) is 16.0 Å². The summed E-state index contributed by atoms with van der Waals surface area (Å²) in [5.74, 6) is -10.9. The smallest absolute Gasteiger partial charge is 0.353 e. The third-order valence-corrected chi connectivity index (χ3v) is 16.1. The Morgan fingerprint density at radius 1 is 0.833 bits per heavy atom. The van der Waals surface area contributed by atoms with Gasteiger partial charge in [-0.1, -0.05) is 26.0 Å². The second kappa shape index (κ2) is 19.2. The Balaban J connectivity index is 1.18. The highest BCUT2D eigenvalue weighted by Gasteiger charge is 2.61. The van der Waals surface area contributed by atoms with E-state index in [1.807, 2.05) is 0 Å². The van der Waals surface area contributed by atoms with Crippen molar-refractivity contribution in [2.45, 2.75) is 92.7 Å². The number of aliphatic imine (C=N–C) groups is 1. The molecule has 22 heteroatoms. The van der Waals surface area contributed by atoms with Crippen LogP contribution in [0.25, 0.3) is 0 Å². The standard InChI is InChI=1S/C44H50N6O14S2/c1-17-31(29(19(3)51)43(61)62)48-32(35(17)65-25-13-27(45-15-25)37(53)46-23-9-5-7-21(11-23)41(57)58)40(56)49-16-26(14-28(49)38(54)47-24-10-6-8-22(12-24)42(59)60)66-36-18(2)33-30(20(4)52)39(55)50(33)34(36)44(63)64/h5-12,17-20,25-31,33,35,45,51-52H,13-16H2,1-4H3,(H,46,53)(H,47,54)(H,57,58)(H,59,60)(H,61,62)(H,63,64)/t17-,18+,19?,20+,25+,26+,27+,28+,29?,30+,31?,33+,35?/m0/s1. The molecule has 352 valence electrons. The first-order valence-corrected chi connectivity index (χ1v) is 23.1. The topological polar surface area (TPSA) is 313 Å². The van der Waals surface area contributed by atoms with E-state index >= 15 is 4.79 Å². The lowest BCUT2D eigenvalue weighted by molar-refractivity contribution is -0.163. The van der Waals surface area contributed by atoms with Crippen molar-refractivity contribution in [3.05, 3.63) is 70.3 Å². The summed E-state index contributed by atoms with van der Waals surface area (Å²) in [6.07, 6.45) is -2.21. The molecule has 9 N–H and O–H groups in total. The predicted octanol–water partition coefficient (Wildman–Crippen LogP) is 1.89. The van der Waals surface area contributed by atoms with Crippen molar-refractivity contribution >= 4 is 88.1 Å². The van der Waals surface area contributed by atoms with Crippen molar-refractivity contribution in [2.75, 3.05) is 23.7 Å². The number of amides is 4. The highest BCUT2D eigenvalue weighted by atomic mass is 32.2. The van der Waals surface area contributed by atoms with Crippen LogP contribution in [0.15, 0.2) is 64.1 Å². The highest BCUT2D eigenvalue weighted by molar-refractivity contribution is 8.03. The van der Waals surface area contributed by atoms with E-state index in [1.54, 1.807) is 19.9 Å². The molecule has 13 atom stereocenters. The van der Waals surface area contributed by atoms with Crippen molar-refractivity contribution < 1.29 is 69.0 Å². The molecule has 5 aliphatic rings. The first-order valence-electron chi connectivity index (χ1n) is 21.3. The normalized spacial score (nSPS) is 29.4. The summed E-state index contributed by atoms with van der Waals surface area (Å²) in [6.45, 7) is 6.37. The number of fused-ring (bicyclic) bond motifs is 1. The van der Waals surface area contributed by atoms with E-state index in [0.29, 0.717) is 4.91 Å². The predicted molar refractivity (Wildman–Crippen MR) is 240 cm³/mol. The maximum atomic E-state index is 15.1. The number of carboxylic acid groups (broad SMARTS) is 4. The van der Waals surface area contributed by atoms with Gasteiger partial charge in [0.1, 0.15) is 23.4 Å². The second-order valence-corrected chi connectivity index (χ2v) is 20.1. The fraction of sp³-hybridized carbons (Fsp3) is 0.477. The molecule has 0 aromatic heterocycles. The number of carbonyl (C=O) groups is 8. The Morgan fingerprint density at radius 3 is 1.98 bits per heavy atom. The van der Waals surface area contributed by atoms with Gasteiger partial charge in [-0.15, -0.1) is 23.5 Å². The molecule has 5 heterocycles. The van der Waals surface area contributed by atoms with E-state index < -0.39 is 118 Å². The van der Waals surface area contributed by atoms with Crippen LogP contribution >= 0.6 is 23.5 Å². The number of nitrogens with one attached hydrogen (secondary N) is 3. The zero-order chi connectivity index (χ0) is 48.0. The minimum Gasteiger partial charge on any atom is -0.481 e. The third-order valence-electron chi connectivity index (χ3n) is 12.9. The molecule has 2 aromatic carbocycles. The maximum Gasteiger partial charge on any atom is 0.353 e. The fourth-order valence-electron chi connectivity index (χ4n) is 9.68. The number of β-lactam (4-membered cyclic amide) rings is 1. The third kappa shape index (κ3) is 9.28. The first-order chi connectivity index (χ1) is 31.2. The number of carboxylic acids is 4. The summed E-state index contributed by atoms with van der Waals surface area (Å²) in [7, 11) is 0. The van der Waals surface area contributed by atoms with Crippen molar-refractivity contribution in [3.63, 3.8) is 0 Å². The number of aliphatic hydroxyl groups is 2. The summed E-state index contributed by atoms with van der Waals surface area (Å²) in [5.41, 5.74) is -0.0479. The number of likely N-dealkylation sites (tertiary alicyclic amines) is 1. The Labute approximate surface area is 386 Å². The Hall–Kier alpha value is -5.81. The second-order valence-electron chi connectivity index (χ2n) is 17.3. The van der Waals surface area contributed by atoms with Crippen molar-refractivity contribution in [2.24, 2.45) is 28.7 Å². The van der Waals surface area contributed by atoms with Gasteiger partial charge in [0.2, 0.25) is 17.7 Å². The average Bonchev–Trinajstić information content (AvgIpc) is 4.02. The number of nitrogens with zero attached hydrogens (tertiary/aromatic N) is 3. The zero-order valence-corrected chi connectivity index (χ0v) is 37.7. The average molecular weight is 951 g/mol. The minimum atomic E-state index is -1.43. The van der Waals surface area contributed by atoms with E-state index in [4.69, 9.17) is 4.99 Å². The van der Waals surface area contributed by atoms with Gasteiger partial charge < -0.3 is 56.4 Å². The first kappa shape index (κ1) is 48.1. The molecule has 5 aliphatic heterocycles. The van der Waals surface area contributed by atoms with Gasteiger partial charge in [-0.3, -0.25) is 29.0 Å². The van der Waals surface area contributed by atoms with Crippen LogP contribution in [0.4, 0.5) is 11.4 Å². The number of carbonyl (C=O) groups excluding carboxylic acids is 4. The molecule has 0 spiro atoms. The van der Waals surface area contributed by atoms with E-state index in [1.165, 1.54) is 77.9 Å². The van der Waals surface area contributed by atoms with Crippen LogP contribution in [0.3, 0.4) is 0 Å². The number of aliphatic hydroxyl groups excluding tert-OH is 2. The van der Waals surface area contributed by atoms with Crippen LogP contribution in [0, 0.1) is 23.7 Å². The number of anilines is 2. The fourth-order valence-corrected chi connectivity index (χ4v) is 12.8. The van der Waals surface area contributed by atoms with E-state index in [-0.39, 0.29) is 65.1 Å². The quantitative estimate of drug-likeness (QED) is 0.109. The Bertz CT molecular complexity index is 2430. The van der Waals surface area contributed by atoms with Crippen LogP contribution in [0.5, 0.6) is 0 Å². The van der Waals surface area contributed by atoms with E-state index in [0.717, 1.165) is 11.8 Å². The number of hydrogen-bond acceptors (Lipinski definition) is 14. The maximum absolute atomic E-state index is 15.1. The lowest BCUT2D eigenvalue weighted by atomic mass is 9.79. The molecule has 0 bridgehead atoms. The summed E-state index contributed by atoms with van der Waals surface area (Å²) in [4.78, 5) is 112. The van der Waals surface area contributed by atoms with E-state index in [9.17, 15) is 64.2 Å². The molecule has 4 unspecified atom stereocenters. The molecule has 2 aromatic rings. The summed E-state index contributed by atoms with van der Waals surface area (Å²) < 4.78 is 0. The van der Waals surface area contributed by atoms with Crippen molar-refractivity contribution in [1.29, 1.82) is 0 Å². The van der Waals surface area contributed by atoms with Crippen LogP contribution in [0.2, 0.25) is 0 Å². The molecule has 0 aliphatic carbocycles. The van der Waals surface area contributed by atoms with Gasteiger partial charge in [-0.05, 0) is 69.0 Å². The summed E-state index contributed by atoms with van der Waals surface area (Å²) in [5, 5.41) is 67.4. The highest BCUT2D eigenvalue weighted by Crippen LogP contribution is 2.52. The molecule has 3 fully saturated rings. The van der Waals surface area contributed by atoms with Gasteiger partial charge in [0, 0.05) is 45.8 Å². The molecular formula is C44H50N6O14S2. The van der Waals surface area contributed by atoms with Gasteiger partial charge in [0.25, 0.3) is 5.91 Å². The van der Waals surface area contributed by atoms with Crippen LogP contribution in [-0.2, 0) is 28.8 Å². The monoisotopic (exact) mass is 950 g/mol. The van der Waals surface area contributed by atoms with Crippen LogP contribution in [-0.4, -0.2) is 159 Å². The minimum absolute atomic E-state index is 0.0174. The van der Waals surface area contributed by atoms with Crippen LogP contribution < -0.4 is 16.0 Å². The van der Waals surface area contributed by atoms with Gasteiger partial charge in [-0.2, -0.15) is 0 Å². The number of aliphatic carboxylic acids is 2. The number of hydrogen-bond donors (Lipinski definition) is 9. The number of benzene rings is 2. The molecule has 20 nitrogen and oxygen atoms in total. The molecule has 66 heavy (non-hydrogen) atoms. The lowest BCUT2D eigenvalue weighted by Gasteiger charge is -2.46. The molecule has 0 radical (unpaired) electrons. The Morgan fingerprint density at radius 2 is 1.44 bits per heavy atom. The van der Waals surface area contributed by atoms with Crippen molar-refractivity contribution in [1.82, 2.24) is 15.1 Å². The number of rotatable bonds is 16. The zero-order valence-electron chi connectivity index (χ0n) is 36.1. The molecule has 7 rings (SSSR count). The molecule has 0 saturated carbocycles. The largest absolute Gasteiger partial charge is 0.481 e. The van der Waals surface area contributed by atoms with Crippen molar-refractivity contribution in [3.8, 4) is 0 Å². The van der Waals surface area contributed by atoms with Gasteiger partial charge in [-0.25, -0.2) is 14.4 Å². The Kier molecular flexibility index (Phi) is 14.0. The SMILES string of the molecule is CC(O)C(C(=O)O)C1N=C(C(=O)N2C[C@H](SC3=C(C(=O)O)N4C(=O)[C@H]([C@@H](C)O)[C@H]4[C@H]3C)C[C@@H]2C(=O)Nc2cccc(C(=O)O)c2)C(S[C@H]2CN[C@@H](C(=O)Nc3cccc(C(=O)O)c3)C2)[C@H]1C.